The maximum Gasteiger partial charge on any atom is 0.494 e. The molecule has 0 spiro atoms. The third-order valence-electron chi connectivity index (χ3n) is 5.45. The fourth-order valence-corrected chi connectivity index (χ4v) is 3.07. The maximum absolute atomic E-state index is 6.15. The molecule has 1 fully saturated rings. The van der Waals surface area contributed by atoms with E-state index in [1.165, 1.54) is 0 Å². The zero-order valence-corrected chi connectivity index (χ0v) is 17.2. The lowest BCUT2D eigenvalue weighted by molar-refractivity contribution is 0.00578. The number of aromatic nitrogens is 2. The van der Waals surface area contributed by atoms with Crippen molar-refractivity contribution in [3.05, 3.63) is 54.9 Å². The van der Waals surface area contributed by atoms with Gasteiger partial charge >= 0.3 is 7.12 Å². The van der Waals surface area contributed by atoms with Gasteiger partial charge < -0.3 is 18.8 Å². The molecule has 0 atom stereocenters. The average molecular weight is 392 g/mol. The van der Waals surface area contributed by atoms with E-state index in [2.05, 4.69) is 37.7 Å². The van der Waals surface area contributed by atoms with Crippen molar-refractivity contribution in [1.29, 1.82) is 0 Å². The number of hydrogen-bond donors (Lipinski definition) is 0. The fourth-order valence-electron chi connectivity index (χ4n) is 3.07. The SMILES string of the molecule is CC1(C)OB(c2ccc3ncc(OCCOc4ccccn4)cc3c2)OC1(C)C. The minimum Gasteiger partial charge on any atom is -0.488 e. The second-order valence-corrected chi connectivity index (χ2v) is 8.08. The minimum absolute atomic E-state index is 0.372. The lowest BCUT2D eigenvalue weighted by Crippen LogP contribution is -2.41. The van der Waals surface area contributed by atoms with Crippen LogP contribution >= 0.6 is 0 Å². The van der Waals surface area contributed by atoms with Gasteiger partial charge in [-0.25, -0.2) is 4.98 Å². The van der Waals surface area contributed by atoms with Crippen molar-refractivity contribution in [2.45, 2.75) is 38.9 Å². The van der Waals surface area contributed by atoms with Crippen LogP contribution in [-0.2, 0) is 9.31 Å². The quantitative estimate of drug-likeness (QED) is 0.474. The molecule has 0 N–H and O–H groups in total. The first-order chi connectivity index (χ1) is 13.8. The van der Waals surface area contributed by atoms with Crippen molar-refractivity contribution in [2.75, 3.05) is 13.2 Å². The lowest BCUT2D eigenvalue weighted by Gasteiger charge is -2.32. The van der Waals surface area contributed by atoms with Crippen molar-refractivity contribution in [3.8, 4) is 11.6 Å². The summed E-state index contributed by atoms with van der Waals surface area (Å²) < 4.78 is 23.6. The summed E-state index contributed by atoms with van der Waals surface area (Å²) in [4.78, 5) is 8.60. The van der Waals surface area contributed by atoms with Gasteiger partial charge in [0.15, 0.2) is 0 Å². The molecule has 0 saturated carbocycles. The van der Waals surface area contributed by atoms with E-state index in [1.54, 1.807) is 12.4 Å². The van der Waals surface area contributed by atoms with E-state index < -0.39 is 7.12 Å². The Bertz CT molecular complexity index is 979. The largest absolute Gasteiger partial charge is 0.494 e. The Morgan fingerprint density at radius 1 is 0.897 bits per heavy atom. The van der Waals surface area contributed by atoms with Gasteiger partial charge in [0.25, 0.3) is 0 Å². The van der Waals surface area contributed by atoms with Gasteiger partial charge in [-0.3, -0.25) is 4.98 Å². The molecule has 1 aromatic carbocycles. The van der Waals surface area contributed by atoms with Crippen LogP contribution in [0.1, 0.15) is 27.7 Å². The summed E-state index contributed by atoms with van der Waals surface area (Å²) in [5, 5.41) is 0.973. The number of fused-ring (bicyclic) bond motifs is 1. The first-order valence-corrected chi connectivity index (χ1v) is 9.76. The molecule has 7 heteroatoms. The molecule has 150 valence electrons. The summed E-state index contributed by atoms with van der Waals surface area (Å²) in [7, 11) is -0.402. The first kappa shape index (κ1) is 19.7. The molecule has 6 nitrogen and oxygen atoms in total. The number of benzene rings is 1. The van der Waals surface area contributed by atoms with E-state index in [1.807, 2.05) is 42.5 Å². The number of ether oxygens (including phenoxy) is 2. The number of rotatable bonds is 6. The average Bonchev–Trinajstić information content (AvgIpc) is 2.93. The van der Waals surface area contributed by atoms with Crippen LogP contribution in [0.15, 0.2) is 54.9 Å². The predicted octanol–water partition coefficient (Wildman–Crippen LogP) is 3.39. The van der Waals surface area contributed by atoms with Crippen LogP contribution in [0, 0.1) is 0 Å². The highest BCUT2D eigenvalue weighted by Crippen LogP contribution is 2.36. The van der Waals surface area contributed by atoms with E-state index in [9.17, 15) is 0 Å². The van der Waals surface area contributed by atoms with Gasteiger partial charge in [-0.1, -0.05) is 18.2 Å². The van der Waals surface area contributed by atoms with Gasteiger partial charge in [0.1, 0.15) is 19.0 Å². The predicted molar refractivity (Wildman–Crippen MR) is 113 cm³/mol. The Morgan fingerprint density at radius 3 is 2.38 bits per heavy atom. The Kier molecular flexibility index (Phi) is 5.19. The zero-order chi connectivity index (χ0) is 20.5. The Labute approximate surface area is 171 Å². The van der Waals surface area contributed by atoms with Gasteiger partial charge in [0.2, 0.25) is 5.88 Å². The normalized spacial score (nSPS) is 17.4. The summed E-state index contributed by atoms with van der Waals surface area (Å²) in [6.07, 6.45) is 3.42. The molecule has 2 aromatic heterocycles. The molecule has 3 aromatic rings. The van der Waals surface area contributed by atoms with Crippen molar-refractivity contribution in [2.24, 2.45) is 0 Å². The second kappa shape index (κ2) is 7.65. The molecule has 3 heterocycles. The van der Waals surface area contributed by atoms with E-state index in [4.69, 9.17) is 18.8 Å². The molecule has 1 aliphatic rings. The van der Waals surface area contributed by atoms with Crippen LogP contribution in [0.4, 0.5) is 0 Å². The molecule has 4 rings (SSSR count). The monoisotopic (exact) mass is 392 g/mol. The van der Waals surface area contributed by atoms with E-state index >= 15 is 0 Å². The third kappa shape index (κ3) is 4.21. The summed E-state index contributed by atoms with van der Waals surface area (Å²) in [5.74, 6) is 1.27. The van der Waals surface area contributed by atoms with Crippen molar-refractivity contribution in [1.82, 2.24) is 9.97 Å². The molecule has 29 heavy (non-hydrogen) atoms. The lowest BCUT2D eigenvalue weighted by atomic mass is 9.78. The van der Waals surface area contributed by atoms with Gasteiger partial charge in [0.05, 0.1) is 22.9 Å². The topological polar surface area (TPSA) is 62.7 Å². The number of pyridine rings is 2. The molecular formula is C22H25BN2O4. The van der Waals surface area contributed by atoms with Crippen LogP contribution in [0.5, 0.6) is 11.6 Å². The summed E-state index contributed by atoms with van der Waals surface area (Å²) >= 11 is 0. The Balaban J connectivity index is 1.43. The molecule has 1 aliphatic heterocycles. The van der Waals surface area contributed by atoms with Gasteiger partial charge in [-0.05, 0) is 51.4 Å². The van der Waals surface area contributed by atoms with Crippen molar-refractivity contribution in [3.63, 3.8) is 0 Å². The highest BCUT2D eigenvalue weighted by molar-refractivity contribution is 6.62. The molecule has 0 unspecified atom stereocenters. The summed E-state index contributed by atoms with van der Waals surface area (Å²) in [6.45, 7) is 9.01. The third-order valence-corrected chi connectivity index (χ3v) is 5.45. The van der Waals surface area contributed by atoms with Crippen molar-refractivity contribution < 1.29 is 18.8 Å². The van der Waals surface area contributed by atoms with E-state index in [0.29, 0.717) is 24.8 Å². The fraction of sp³-hybridized carbons (Fsp3) is 0.364. The van der Waals surface area contributed by atoms with Gasteiger partial charge in [0, 0.05) is 17.6 Å². The van der Waals surface area contributed by atoms with E-state index in [0.717, 1.165) is 16.4 Å². The van der Waals surface area contributed by atoms with Crippen LogP contribution in [0.2, 0.25) is 0 Å². The zero-order valence-electron chi connectivity index (χ0n) is 17.2. The maximum atomic E-state index is 6.15. The van der Waals surface area contributed by atoms with E-state index in [-0.39, 0.29) is 11.2 Å². The smallest absolute Gasteiger partial charge is 0.488 e. The molecule has 0 radical (unpaired) electrons. The highest BCUT2D eigenvalue weighted by atomic mass is 16.7. The van der Waals surface area contributed by atoms with Gasteiger partial charge in [-0.15, -0.1) is 0 Å². The number of nitrogens with zero attached hydrogens (tertiary/aromatic N) is 2. The Hall–Kier alpha value is -2.64. The molecule has 0 bridgehead atoms. The molecule has 0 aliphatic carbocycles. The molecule has 0 amide bonds. The number of hydrogen-bond acceptors (Lipinski definition) is 6. The van der Waals surface area contributed by atoms with Crippen LogP contribution < -0.4 is 14.9 Å². The summed E-state index contributed by atoms with van der Waals surface area (Å²) in [6, 6.07) is 13.5. The molecule has 1 saturated heterocycles. The first-order valence-electron chi connectivity index (χ1n) is 9.76. The van der Waals surface area contributed by atoms with Crippen LogP contribution in [-0.4, -0.2) is 41.5 Å². The van der Waals surface area contributed by atoms with Crippen molar-refractivity contribution >= 4 is 23.5 Å². The van der Waals surface area contributed by atoms with Gasteiger partial charge in [-0.2, -0.15) is 0 Å². The summed E-state index contributed by atoms with van der Waals surface area (Å²) in [5.41, 5.74) is 1.11. The molecular weight excluding hydrogens is 367 g/mol. The standard InChI is InChI=1S/C22H25BN2O4/c1-21(2)22(3,4)29-23(28-21)17-8-9-19-16(13-17)14-18(15-25-19)26-11-12-27-20-7-5-6-10-24-20/h5-10,13-15H,11-12H2,1-4H3. The Morgan fingerprint density at radius 2 is 1.66 bits per heavy atom. The van der Waals surface area contributed by atoms with Crippen LogP contribution in [0.3, 0.4) is 0 Å². The second-order valence-electron chi connectivity index (χ2n) is 8.08. The highest BCUT2D eigenvalue weighted by Gasteiger charge is 2.51. The van der Waals surface area contributed by atoms with Crippen LogP contribution in [0.25, 0.3) is 10.9 Å². The minimum atomic E-state index is -0.402.